The van der Waals surface area contributed by atoms with Crippen molar-refractivity contribution in [2.24, 2.45) is 0 Å². The van der Waals surface area contributed by atoms with E-state index in [1.54, 1.807) is 0 Å². The molecule has 0 saturated heterocycles. The minimum Gasteiger partial charge on any atom is -0.478 e. The number of hydrogen-bond donors (Lipinski definition) is 3. The van der Waals surface area contributed by atoms with Gasteiger partial charge in [0.15, 0.2) is 0 Å². The molecule has 1 heterocycles. The van der Waals surface area contributed by atoms with Gasteiger partial charge in [0.25, 0.3) is 0 Å². The number of nitrogens with two attached hydrogens (primary N) is 1. The van der Waals surface area contributed by atoms with E-state index in [-0.39, 0.29) is 0 Å². The number of carboxylic acid groups (broad SMARTS) is 2. The summed E-state index contributed by atoms with van der Waals surface area (Å²) in [7, 11) is 0. The van der Waals surface area contributed by atoms with Gasteiger partial charge in [-0.1, -0.05) is 18.2 Å². The van der Waals surface area contributed by atoms with Gasteiger partial charge in [-0.2, -0.15) is 0 Å². The summed E-state index contributed by atoms with van der Waals surface area (Å²) in [5.41, 5.74) is 10.7. The number of aromatic nitrogens is 1. The molecule has 0 atom stereocenters. The van der Waals surface area contributed by atoms with Gasteiger partial charge in [0, 0.05) is 28.9 Å². The molecule has 1 aliphatic rings. The second-order valence-electron chi connectivity index (χ2n) is 5.18. The zero-order chi connectivity index (χ0) is 16.8. The summed E-state index contributed by atoms with van der Waals surface area (Å²) in [5, 5.41) is 16.7. The molecule has 2 aromatic rings. The van der Waals surface area contributed by atoms with E-state index >= 15 is 0 Å². The van der Waals surface area contributed by atoms with Gasteiger partial charge in [0.1, 0.15) is 0 Å². The number of rotatable bonds is 2. The predicted octanol–water partition coefficient (Wildman–Crippen LogP) is 2.41. The quantitative estimate of drug-likeness (QED) is 0.733. The molecule has 0 saturated carbocycles. The van der Waals surface area contributed by atoms with Gasteiger partial charge < -0.3 is 15.9 Å². The molecule has 1 aromatic heterocycles. The number of nitrogens with zero attached hydrogens (tertiary/aromatic N) is 1. The lowest BCUT2D eigenvalue weighted by atomic mass is 9.93. The monoisotopic (exact) mass is 314 g/mol. The molecule has 120 valence electrons. The fourth-order valence-corrected chi connectivity index (χ4v) is 2.55. The van der Waals surface area contributed by atoms with Crippen molar-refractivity contribution in [1.29, 1.82) is 0 Å². The summed E-state index contributed by atoms with van der Waals surface area (Å²) in [6, 6.07) is 8.15. The van der Waals surface area contributed by atoms with Crippen LogP contribution in [0.25, 0.3) is 10.9 Å². The molecule has 0 fully saturated rings. The van der Waals surface area contributed by atoms with Crippen molar-refractivity contribution < 1.29 is 19.8 Å². The van der Waals surface area contributed by atoms with Crippen LogP contribution >= 0.6 is 0 Å². The molecule has 0 amide bonds. The minimum absolute atomic E-state index is 0.558. The summed E-state index contributed by atoms with van der Waals surface area (Å²) in [6.45, 7) is 0. The van der Waals surface area contributed by atoms with E-state index in [1.165, 1.54) is 24.1 Å². The third-order valence-corrected chi connectivity index (χ3v) is 3.58. The lowest BCUT2D eigenvalue weighted by molar-refractivity contribution is -0.134. The van der Waals surface area contributed by atoms with Crippen LogP contribution in [0.2, 0.25) is 0 Å². The Labute approximate surface area is 133 Å². The van der Waals surface area contributed by atoms with Crippen LogP contribution in [0.5, 0.6) is 0 Å². The Balaban J connectivity index is 0.000000207. The summed E-state index contributed by atoms with van der Waals surface area (Å²) in [5.74, 6) is -2.51. The Morgan fingerprint density at radius 1 is 1.04 bits per heavy atom. The first-order valence-electron chi connectivity index (χ1n) is 7.29. The van der Waals surface area contributed by atoms with E-state index in [9.17, 15) is 9.59 Å². The Morgan fingerprint density at radius 2 is 1.65 bits per heavy atom. The number of aliphatic carboxylic acids is 2. The number of carbonyl (C=O) groups is 2. The fraction of sp³-hybridized carbons (Fsp3) is 0.235. The van der Waals surface area contributed by atoms with E-state index in [2.05, 4.69) is 6.07 Å². The van der Waals surface area contributed by atoms with Crippen molar-refractivity contribution in [3.63, 3.8) is 0 Å². The highest BCUT2D eigenvalue weighted by Gasteiger charge is 2.15. The maximum atomic E-state index is 9.55. The van der Waals surface area contributed by atoms with E-state index < -0.39 is 11.9 Å². The number of benzene rings is 1. The molecular weight excluding hydrogens is 296 g/mol. The topological polar surface area (TPSA) is 114 Å². The highest BCUT2D eigenvalue weighted by Crippen LogP contribution is 2.30. The van der Waals surface area contributed by atoms with Gasteiger partial charge in [0.2, 0.25) is 0 Å². The van der Waals surface area contributed by atoms with Gasteiger partial charge in [0.05, 0.1) is 5.52 Å². The first-order chi connectivity index (χ1) is 11.0. The van der Waals surface area contributed by atoms with Crippen molar-refractivity contribution in [2.75, 3.05) is 5.73 Å². The molecule has 0 radical (unpaired) electrons. The van der Waals surface area contributed by atoms with Crippen LogP contribution in [0.15, 0.2) is 36.4 Å². The first kappa shape index (κ1) is 16.5. The van der Waals surface area contributed by atoms with Gasteiger partial charge in [-0.05, 0) is 37.3 Å². The number of anilines is 1. The van der Waals surface area contributed by atoms with Crippen molar-refractivity contribution in [3.8, 4) is 0 Å². The molecule has 0 aliphatic heterocycles. The molecular formula is C17H18N2O4. The number of pyridine rings is 1. The summed E-state index contributed by atoms with van der Waals surface area (Å²) >= 11 is 0. The van der Waals surface area contributed by atoms with Crippen molar-refractivity contribution in [3.05, 3.63) is 47.7 Å². The highest BCUT2D eigenvalue weighted by atomic mass is 16.4. The Morgan fingerprint density at radius 3 is 2.30 bits per heavy atom. The molecule has 6 nitrogen and oxygen atoms in total. The van der Waals surface area contributed by atoms with E-state index in [4.69, 9.17) is 20.9 Å². The van der Waals surface area contributed by atoms with E-state index in [0.29, 0.717) is 12.2 Å². The summed E-state index contributed by atoms with van der Waals surface area (Å²) in [4.78, 5) is 23.8. The number of para-hydroxylation sites is 1. The van der Waals surface area contributed by atoms with Crippen LogP contribution < -0.4 is 5.73 Å². The zero-order valence-corrected chi connectivity index (χ0v) is 12.5. The molecule has 4 N–H and O–H groups in total. The Kier molecular flexibility index (Phi) is 5.30. The first-order valence-corrected chi connectivity index (χ1v) is 7.29. The number of carboxylic acids is 2. The van der Waals surface area contributed by atoms with E-state index in [1.807, 2.05) is 18.2 Å². The maximum absolute atomic E-state index is 9.55. The zero-order valence-electron chi connectivity index (χ0n) is 12.5. The average molecular weight is 314 g/mol. The number of aryl methyl sites for hydroxylation is 1. The van der Waals surface area contributed by atoms with Gasteiger partial charge in [-0.25, -0.2) is 9.59 Å². The van der Waals surface area contributed by atoms with Crippen LogP contribution in [-0.2, 0) is 22.4 Å². The van der Waals surface area contributed by atoms with E-state index in [0.717, 1.165) is 29.4 Å². The number of hydrogen-bond acceptors (Lipinski definition) is 4. The molecule has 23 heavy (non-hydrogen) atoms. The lowest BCUT2D eigenvalue weighted by Gasteiger charge is -2.18. The van der Waals surface area contributed by atoms with Crippen molar-refractivity contribution >= 4 is 28.5 Å². The third kappa shape index (κ3) is 4.29. The normalized spacial score (nSPS) is 13.2. The summed E-state index contributed by atoms with van der Waals surface area (Å²) < 4.78 is 0. The Hall–Kier alpha value is -2.89. The molecule has 3 rings (SSSR count). The smallest absolute Gasteiger partial charge is 0.328 e. The lowest BCUT2D eigenvalue weighted by Crippen LogP contribution is -2.09. The SMILES string of the molecule is Nc1c2c(nc3ccccc13)CCCC2.O=C(O)C=CC(=O)O. The second kappa shape index (κ2) is 7.40. The van der Waals surface area contributed by atoms with Crippen LogP contribution in [0, 0.1) is 0 Å². The minimum atomic E-state index is -1.26. The Bertz CT molecular complexity index is 753. The molecule has 6 heteroatoms. The van der Waals surface area contributed by atoms with Crippen LogP contribution in [0.4, 0.5) is 5.69 Å². The molecule has 0 spiro atoms. The average Bonchev–Trinajstić information content (AvgIpc) is 2.54. The predicted molar refractivity (Wildman–Crippen MR) is 87.2 cm³/mol. The fourth-order valence-electron chi connectivity index (χ4n) is 2.55. The molecule has 1 aromatic carbocycles. The van der Waals surface area contributed by atoms with Crippen molar-refractivity contribution in [2.45, 2.75) is 25.7 Å². The van der Waals surface area contributed by atoms with Crippen molar-refractivity contribution in [1.82, 2.24) is 4.98 Å². The molecule has 1 aliphatic carbocycles. The molecule has 0 bridgehead atoms. The highest BCUT2D eigenvalue weighted by molar-refractivity contribution is 5.92. The van der Waals surface area contributed by atoms with Crippen LogP contribution in [0.3, 0.4) is 0 Å². The number of nitrogen functional groups attached to an aromatic ring is 1. The van der Waals surface area contributed by atoms with Gasteiger partial charge >= 0.3 is 11.9 Å². The molecule has 0 unspecified atom stereocenters. The van der Waals surface area contributed by atoms with Gasteiger partial charge in [-0.3, -0.25) is 4.98 Å². The largest absolute Gasteiger partial charge is 0.478 e. The number of fused-ring (bicyclic) bond motifs is 2. The second-order valence-corrected chi connectivity index (χ2v) is 5.18. The van der Waals surface area contributed by atoms with Crippen LogP contribution in [0.1, 0.15) is 24.1 Å². The third-order valence-electron chi connectivity index (χ3n) is 3.58. The standard InChI is InChI=1S/C13H14N2.C4H4O4/c14-13-9-5-1-3-7-11(9)15-12-8-4-2-6-10(12)13;5-3(6)1-2-4(7)8/h1,3,5,7H,2,4,6,8H2,(H2,14,15);1-2H,(H,5,6)(H,7,8). The summed E-state index contributed by atoms with van der Waals surface area (Å²) in [6.07, 6.45) is 5.79. The van der Waals surface area contributed by atoms with Crippen LogP contribution in [-0.4, -0.2) is 27.1 Å². The van der Waals surface area contributed by atoms with Gasteiger partial charge in [-0.15, -0.1) is 0 Å². The maximum Gasteiger partial charge on any atom is 0.328 e.